The molecule has 0 saturated carbocycles. The number of hydrogen-bond donors (Lipinski definition) is 1. The van der Waals surface area contributed by atoms with Crippen LogP contribution in [-0.2, 0) is 0 Å². The van der Waals surface area contributed by atoms with Crippen molar-refractivity contribution in [1.82, 2.24) is 9.97 Å². The number of H-pyrrole nitrogens is 1. The first-order chi connectivity index (χ1) is 13.6. The van der Waals surface area contributed by atoms with Crippen molar-refractivity contribution in [3.05, 3.63) is 90.0 Å². The minimum Gasteiger partial charge on any atom is -0.677 e. The standard InChI is InChI=1S/C21H17FN3.CH2F2.K/c1-14(21-12-23-13-24-21)25-18-9-10-20-16(11-18)3-2-4-19(20)15-5-7-17(22)8-6-15;2-1-3;/h2-14H,1H3,(H,23,24);1H2;/q-1;;+1. The number of rotatable bonds is 4. The van der Waals surface area contributed by atoms with Gasteiger partial charge >= 0.3 is 51.4 Å². The van der Waals surface area contributed by atoms with Gasteiger partial charge in [-0.15, -0.1) is 5.69 Å². The summed E-state index contributed by atoms with van der Waals surface area (Å²) in [5.74, 6) is -0.224. The van der Waals surface area contributed by atoms with Crippen molar-refractivity contribution in [2.45, 2.75) is 13.0 Å². The third-order valence-electron chi connectivity index (χ3n) is 4.33. The average molecular weight is 422 g/mol. The van der Waals surface area contributed by atoms with Gasteiger partial charge in [0.15, 0.2) is 0 Å². The van der Waals surface area contributed by atoms with Crippen molar-refractivity contribution in [1.29, 1.82) is 0 Å². The maximum Gasteiger partial charge on any atom is 1.00 e. The molecule has 0 bridgehead atoms. The first kappa shape index (κ1) is 23.6. The Labute approximate surface area is 210 Å². The Bertz CT molecular complexity index is 1020. The second kappa shape index (κ2) is 11.5. The van der Waals surface area contributed by atoms with Crippen molar-refractivity contribution in [2.75, 3.05) is 6.93 Å². The molecule has 0 spiro atoms. The van der Waals surface area contributed by atoms with Crippen molar-refractivity contribution in [2.24, 2.45) is 0 Å². The van der Waals surface area contributed by atoms with Gasteiger partial charge in [0.2, 0.25) is 6.93 Å². The Hall–Kier alpha value is -1.64. The molecule has 1 unspecified atom stereocenters. The van der Waals surface area contributed by atoms with Crippen molar-refractivity contribution in [3.8, 4) is 11.1 Å². The van der Waals surface area contributed by atoms with Crippen LogP contribution < -0.4 is 51.4 Å². The molecule has 0 aliphatic carbocycles. The molecule has 1 N–H and O–H groups in total. The monoisotopic (exact) mass is 421 g/mol. The second-order valence-electron chi connectivity index (χ2n) is 6.13. The molecule has 0 fully saturated rings. The molecule has 7 heteroatoms. The molecule has 0 aliphatic heterocycles. The molecule has 144 valence electrons. The number of halogens is 3. The van der Waals surface area contributed by atoms with Gasteiger partial charge in [-0.05, 0) is 34.0 Å². The molecule has 3 nitrogen and oxygen atoms in total. The number of hydrogen-bond acceptors (Lipinski definition) is 1. The molecule has 0 radical (unpaired) electrons. The van der Waals surface area contributed by atoms with Gasteiger partial charge in [-0.1, -0.05) is 61.5 Å². The fourth-order valence-electron chi connectivity index (χ4n) is 3.02. The average Bonchev–Trinajstić information content (AvgIpc) is 3.24. The third-order valence-corrected chi connectivity index (χ3v) is 4.33. The Balaban J connectivity index is 0.000000708. The zero-order chi connectivity index (χ0) is 19.9. The van der Waals surface area contributed by atoms with Crippen molar-refractivity contribution in [3.63, 3.8) is 0 Å². The normalized spacial score (nSPS) is 11.2. The molecule has 0 amide bonds. The molecule has 0 saturated heterocycles. The van der Waals surface area contributed by atoms with Crippen LogP contribution in [0.25, 0.3) is 27.2 Å². The third kappa shape index (κ3) is 6.17. The fraction of sp³-hybridized carbons (Fsp3) is 0.136. The molecule has 1 aromatic heterocycles. The molecule has 3 aromatic carbocycles. The summed E-state index contributed by atoms with van der Waals surface area (Å²) < 4.78 is 32.4. The number of aromatic amines is 1. The van der Waals surface area contributed by atoms with Gasteiger partial charge in [0.25, 0.3) is 0 Å². The predicted octanol–water partition coefficient (Wildman–Crippen LogP) is 4.02. The molecular weight excluding hydrogens is 402 g/mol. The van der Waals surface area contributed by atoms with Crippen LogP contribution in [0.1, 0.15) is 18.7 Å². The van der Waals surface area contributed by atoms with Gasteiger partial charge in [0.1, 0.15) is 5.82 Å². The Morgan fingerprint density at radius 1 is 1.03 bits per heavy atom. The van der Waals surface area contributed by atoms with Crippen LogP contribution >= 0.6 is 0 Å². The van der Waals surface area contributed by atoms with Crippen LogP contribution in [0.3, 0.4) is 0 Å². The molecule has 1 heterocycles. The molecule has 29 heavy (non-hydrogen) atoms. The smallest absolute Gasteiger partial charge is 0.677 e. The van der Waals surface area contributed by atoms with Crippen LogP contribution in [0.2, 0.25) is 0 Å². The largest absolute Gasteiger partial charge is 1.00 e. The zero-order valence-electron chi connectivity index (χ0n) is 16.2. The van der Waals surface area contributed by atoms with E-state index < -0.39 is 6.93 Å². The number of aromatic nitrogens is 2. The van der Waals surface area contributed by atoms with E-state index in [1.807, 2.05) is 31.2 Å². The van der Waals surface area contributed by atoms with Gasteiger partial charge in [0, 0.05) is 11.9 Å². The molecule has 0 aliphatic rings. The summed E-state index contributed by atoms with van der Waals surface area (Å²) in [5.41, 5.74) is 4.00. The van der Waals surface area contributed by atoms with E-state index in [-0.39, 0.29) is 63.2 Å². The van der Waals surface area contributed by atoms with E-state index in [1.165, 1.54) is 12.1 Å². The summed E-state index contributed by atoms with van der Waals surface area (Å²) in [6, 6.07) is 18.9. The maximum atomic E-state index is 13.2. The first-order valence-corrected chi connectivity index (χ1v) is 8.72. The summed E-state index contributed by atoms with van der Waals surface area (Å²) >= 11 is 0. The summed E-state index contributed by atoms with van der Waals surface area (Å²) in [6.07, 6.45) is 3.46. The second-order valence-corrected chi connectivity index (χ2v) is 6.13. The first-order valence-electron chi connectivity index (χ1n) is 8.72. The van der Waals surface area contributed by atoms with E-state index in [1.54, 1.807) is 12.5 Å². The van der Waals surface area contributed by atoms with E-state index in [4.69, 9.17) is 5.32 Å². The number of nitrogens with zero attached hydrogens (tertiary/aromatic N) is 2. The van der Waals surface area contributed by atoms with E-state index in [0.29, 0.717) is 0 Å². The van der Waals surface area contributed by atoms with Crippen LogP contribution in [0.4, 0.5) is 18.9 Å². The number of imidazole rings is 1. The predicted molar refractivity (Wildman–Crippen MR) is 106 cm³/mol. The maximum absolute atomic E-state index is 13.2. The Morgan fingerprint density at radius 2 is 1.76 bits per heavy atom. The van der Waals surface area contributed by atoms with E-state index in [0.717, 1.165) is 33.3 Å². The van der Waals surface area contributed by atoms with Crippen LogP contribution in [0, 0.1) is 5.82 Å². The molecular formula is C22H19F3KN3. The minimum absolute atomic E-state index is 0. The van der Waals surface area contributed by atoms with Gasteiger partial charge < -0.3 is 10.3 Å². The number of alkyl halides is 2. The number of fused-ring (bicyclic) bond motifs is 1. The van der Waals surface area contributed by atoms with Crippen molar-refractivity contribution >= 4 is 16.5 Å². The van der Waals surface area contributed by atoms with Gasteiger partial charge in [0.05, 0.1) is 6.33 Å². The summed E-state index contributed by atoms with van der Waals surface area (Å²) in [4.78, 5) is 7.14. The summed E-state index contributed by atoms with van der Waals surface area (Å²) in [5, 5.41) is 6.98. The molecule has 1 atom stereocenters. The SMILES string of the molecule is CC([N-]c1ccc2c(-c3ccc(F)cc3)cccc2c1)c1cnc[nH]1.FCF.[K+]. The molecule has 4 aromatic rings. The number of nitrogens with one attached hydrogen (secondary N) is 1. The summed E-state index contributed by atoms with van der Waals surface area (Å²) in [6.45, 7) is 0.284. The Morgan fingerprint density at radius 3 is 2.41 bits per heavy atom. The summed E-state index contributed by atoms with van der Waals surface area (Å²) in [7, 11) is 0. The van der Waals surface area contributed by atoms with E-state index >= 15 is 0 Å². The quantitative estimate of drug-likeness (QED) is 0.497. The van der Waals surface area contributed by atoms with Gasteiger partial charge in [-0.25, -0.2) is 18.2 Å². The fourth-order valence-corrected chi connectivity index (χ4v) is 3.02. The number of benzene rings is 3. The van der Waals surface area contributed by atoms with Gasteiger partial charge in [-0.3, -0.25) is 0 Å². The van der Waals surface area contributed by atoms with Crippen LogP contribution in [0.5, 0.6) is 0 Å². The van der Waals surface area contributed by atoms with Crippen LogP contribution in [0.15, 0.2) is 73.2 Å². The topological polar surface area (TPSA) is 42.8 Å². The minimum atomic E-state index is -1.75. The zero-order valence-corrected chi connectivity index (χ0v) is 19.4. The van der Waals surface area contributed by atoms with Crippen LogP contribution in [-0.4, -0.2) is 16.9 Å². The van der Waals surface area contributed by atoms with E-state index in [9.17, 15) is 13.2 Å². The van der Waals surface area contributed by atoms with Crippen molar-refractivity contribution < 1.29 is 64.6 Å². The van der Waals surface area contributed by atoms with Gasteiger partial charge in [-0.2, -0.15) is 0 Å². The van der Waals surface area contributed by atoms with E-state index in [2.05, 4.69) is 34.2 Å². The molecule has 4 rings (SSSR count). The Kier molecular flexibility index (Phi) is 9.39.